The lowest BCUT2D eigenvalue weighted by Gasteiger charge is -2.43. The van der Waals surface area contributed by atoms with E-state index in [0.717, 1.165) is 6.42 Å². The molecule has 1 N–H and O–H groups in total. The summed E-state index contributed by atoms with van der Waals surface area (Å²) in [6.45, 7) is 7.81. The van der Waals surface area contributed by atoms with E-state index in [-0.39, 0.29) is 6.04 Å². The average molecular weight is 243 g/mol. The number of hydrogen-bond donors (Lipinski definition) is 1. The van der Waals surface area contributed by atoms with Crippen LogP contribution in [0.15, 0.2) is 0 Å². The maximum Gasteiger partial charge on any atom is 0.410 e. The molecule has 2 unspecified atom stereocenters. The van der Waals surface area contributed by atoms with Crippen LogP contribution in [0.2, 0.25) is 0 Å². The Bertz CT molecular complexity index is 308. The molecule has 1 aliphatic rings. The van der Waals surface area contributed by atoms with Crippen LogP contribution in [0, 0.1) is 5.92 Å². The van der Waals surface area contributed by atoms with Gasteiger partial charge in [0.1, 0.15) is 5.60 Å². The smallest absolute Gasteiger partial charge is 0.410 e. The minimum absolute atomic E-state index is 0.215. The summed E-state index contributed by atoms with van der Waals surface area (Å²) in [5.41, 5.74) is -0.540. The van der Waals surface area contributed by atoms with Gasteiger partial charge in [-0.3, -0.25) is 4.79 Å². The van der Waals surface area contributed by atoms with Gasteiger partial charge < -0.3 is 14.7 Å². The van der Waals surface area contributed by atoms with E-state index in [1.54, 1.807) is 20.8 Å². The molecule has 98 valence electrons. The highest BCUT2D eigenvalue weighted by Crippen LogP contribution is 2.28. The summed E-state index contributed by atoms with van der Waals surface area (Å²) >= 11 is 0. The lowest BCUT2D eigenvalue weighted by Crippen LogP contribution is -2.57. The molecule has 1 amide bonds. The van der Waals surface area contributed by atoms with Crippen LogP contribution in [0.25, 0.3) is 0 Å². The second kappa shape index (κ2) is 4.94. The van der Waals surface area contributed by atoms with Crippen molar-refractivity contribution in [2.75, 3.05) is 6.54 Å². The van der Waals surface area contributed by atoms with E-state index in [2.05, 4.69) is 0 Å². The predicted molar refractivity (Wildman–Crippen MR) is 62.8 cm³/mol. The quantitative estimate of drug-likeness (QED) is 0.824. The Labute approximate surface area is 102 Å². The summed E-state index contributed by atoms with van der Waals surface area (Å²) < 4.78 is 5.24. The molecule has 0 radical (unpaired) electrons. The zero-order chi connectivity index (χ0) is 13.2. The van der Waals surface area contributed by atoms with Crippen LogP contribution in [0.5, 0.6) is 0 Å². The van der Waals surface area contributed by atoms with Crippen molar-refractivity contribution in [3.05, 3.63) is 0 Å². The maximum atomic E-state index is 11.8. The van der Waals surface area contributed by atoms with Crippen LogP contribution in [0.3, 0.4) is 0 Å². The van der Waals surface area contributed by atoms with Crippen LogP contribution in [0.4, 0.5) is 4.79 Å². The van der Waals surface area contributed by atoms with Gasteiger partial charge in [0.15, 0.2) is 0 Å². The molecule has 2 atom stereocenters. The number of likely N-dealkylation sites (tertiary alicyclic amines) is 1. The topological polar surface area (TPSA) is 66.8 Å². The number of amides is 1. The molecule has 1 saturated heterocycles. The second-order valence-corrected chi connectivity index (χ2v) is 5.38. The van der Waals surface area contributed by atoms with Crippen molar-refractivity contribution >= 4 is 12.1 Å². The van der Waals surface area contributed by atoms with Crippen LogP contribution in [-0.2, 0) is 9.53 Å². The fourth-order valence-corrected chi connectivity index (χ4v) is 1.98. The molecule has 0 aromatic rings. The Morgan fingerprint density at radius 3 is 2.35 bits per heavy atom. The fourth-order valence-electron chi connectivity index (χ4n) is 1.98. The van der Waals surface area contributed by atoms with Crippen LogP contribution < -0.4 is 0 Å². The summed E-state index contributed by atoms with van der Waals surface area (Å²) in [6.07, 6.45) is 0.858. The molecule has 17 heavy (non-hydrogen) atoms. The highest BCUT2D eigenvalue weighted by molar-refractivity contribution is 5.74. The third-order valence-corrected chi connectivity index (χ3v) is 2.92. The van der Waals surface area contributed by atoms with Gasteiger partial charge in [0.2, 0.25) is 0 Å². The lowest BCUT2D eigenvalue weighted by atomic mass is 9.88. The summed E-state index contributed by atoms with van der Waals surface area (Å²) in [5.74, 6) is -1.33. The summed E-state index contributed by atoms with van der Waals surface area (Å²) in [6, 6.07) is -0.215. The van der Waals surface area contributed by atoms with Gasteiger partial charge in [-0.05, 0) is 33.6 Å². The number of carboxylic acids is 1. The third kappa shape index (κ3) is 3.35. The van der Waals surface area contributed by atoms with Gasteiger partial charge in [0, 0.05) is 6.54 Å². The first-order valence-electron chi connectivity index (χ1n) is 5.98. The number of hydrogen-bond acceptors (Lipinski definition) is 3. The van der Waals surface area contributed by atoms with Gasteiger partial charge in [-0.2, -0.15) is 0 Å². The SMILES string of the molecule is CCC(C(=O)O)C1CCN1C(=O)OC(C)(C)C. The van der Waals surface area contributed by atoms with Gasteiger partial charge in [0.25, 0.3) is 0 Å². The van der Waals surface area contributed by atoms with E-state index in [4.69, 9.17) is 9.84 Å². The second-order valence-electron chi connectivity index (χ2n) is 5.38. The third-order valence-electron chi connectivity index (χ3n) is 2.92. The van der Waals surface area contributed by atoms with Gasteiger partial charge in [-0.1, -0.05) is 6.92 Å². The van der Waals surface area contributed by atoms with Crippen molar-refractivity contribution in [2.24, 2.45) is 5.92 Å². The molecular formula is C12H21NO4. The van der Waals surface area contributed by atoms with Crippen molar-refractivity contribution in [3.63, 3.8) is 0 Å². The molecule has 0 aromatic heterocycles. The van der Waals surface area contributed by atoms with E-state index in [1.807, 2.05) is 6.92 Å². The molecule has 1 rings (SSSR count). The predicted octanol–water partition coefficient (Wildman–Crippen LogP) is 2.11. The average Bonchev–Trinajstić information content (AvgIpc) is 2.07. The maximum absolute atomic E-state index is 11.8. The lowest BCUT2D eigenvalue weighted by molar-refractivity contribution is -0.146. The minimum atomic E-state index is -0.842. The van der Waals surface area contributed by atoms with Gasteiger partial charge in [-0.25, -0.2) is 4.79 Å². The normalized spacial score (nSPS) is 21.6. The van der Waals surface area contributed by atoms with E-state index >= 15 is 0 Å². The van der Waals surface area contributed by atoms with Crippen molar-refractivity contribution in [2.45, 2.75) is 52.2 Å². The fraction of sp³-hybridized carbons (Fsp3) is 0.833. The zero-order valence-corrected chi connectivity index (χ0v) is 10.9. The van der Waals surface area contributed by atoms with Gasteiger partial charge in [-0.15, -0.1) is 0 Å². The number of carbonyl (C=O) groups excluding carboxylic acids is 1. The number of aliphatic carboxylic acids is 1. The van der Waals surface area contributed by atoms with Gasteiger partial charge in [0.05, 0.1) is 12.0 Å². The minimum Gasteiger partial charge on any atom is -0.481 e. The van der Waals surface area contributed by atoms with Crippen molar-refractivity contribution in [1.82, 2.24) is 4.90 Å². The van der Waals surface area contributed by atoms with E-state index in [0.29, 0.717) is 13.0 Å². The monoisotopic (exact) mass is 243 g/mol. The molecule has 1 heterocycles. The van der Waals surface area contributed by atoms with Gasteiger partial charge >= 0.3 is 12.1 Å². The van der Waals surface area contributed by atoms with Crippen molar-refractivity contribution < 1.29 is 19.4 Å². The number of carboxylic acid groups (broad SMARTS) is 1. The Morgan fingerprint density at radius 2 is 2.06 bits per heavy atom. The molecule has 0 bridgehead atoms. The first kappa shape index (κ1) is 13.8. The van der Waals surface area contributed by atoms with E-state index in [9.17, 15) is 9.59 Å². The standard InChI is InChI=1S/C12H21NO4/c1-5-8(10(14)15)9-6-7-13(9)11(16)17-12(2,3)4/h8-9H,5-7H2,1-4H3,(H,14,15). The Balaban J connectivity index is 2.62. The first-order chi connectivity index (χ1) is 7.76. The zero-order valence-electron chi connectivity index (χ0n) is 10.9. The Kier molecular flexibility index (Phi) is 4.01. The molecule has 0 spiro atoms. The van der Waals surface area contributed by atoms with Crippen LogP contribution >= 0.6 is 0 Å². The molecule has 1 fully saturated rings. The molecule has 5 nitrogen and oxygen atoms in total. The van der Waals surface area contributed by atoms with Crippen LogP contribution in [-0.4, -0.2) is 40.3 Å². The Morgan fingerprint density at radius 1 is 1.47 bits per heavy atom. The van der Waals surface area contributed by atoms with Crippen molar-refractivity contribution in [1.29, 1.82) is 0 Å². The summed E-state index contributed by atoms with van der Waals surface area (Å²) in [4.78, 5) is 24.4. The largest absolute Gasteiger partial charge is 0.481 e. The highest BCUT2D eigenvalue weighted by Gasteiger charge is 2.42. The molecule has 0 saturated carbocycles. The molecular weight excluding hydrogens is 222 g/mol. The molecule has 5 heteroatoms. The number of ether oxygens (including phenoxy) is 1. The summed E-state index contributed by atoms with van der Waals surface area (Å²) in [5, 5.41) is 9.06. The first-order valence-corrected chi connectivity index (χ1v) is 5.98. The number of carbonyl (C=O) groups is 2. The Hall–Kier alpha value is -1.26. The van der Waals surface area contributed by atoms with E-state index in [1.165, 1.54) is 4.90 Å². The van der Waals surface area contributed by atoms with E-state index < -0.39 is 23.6 Å². The number of nitrogens with zero attached hydrogens (tertiary/aromatic N) is 1. The molecule has 1 aliphatic heterocycles. The van der Waals surface area contributed by atoms with Crippen LogP contribution in [0.1, 0.15) is 40.5 Å². The highest BCUT2D eigenvalue weighted by atomic mass is 16.6. The van der Waals surface area contributed by atoms with Crippen molar-refractivity contribution in [3.8, 4) is 0 Å². The molecule has 0 aromatic carbocycles. The number of rotatable bonds is 3. The summed E-state index contributed by atoms with van der Waals surface area (Å²) in [7, 11) is 0. The molecule has 0 aliphatic carbocycles.